The Morgan fingerprint density at radius 1 is 1.24 bits per heavy atom. The summed E-state index contributed by atoms with van der Waals surface area (Å²) in [7, 11) is 1.58. The van der Waals surface area contributed by atoms with Crippen LogP contribution in [0.4, 0.5) is 4.39 Å². The molecule has 0 aliphatic rings. The van der Waals surface area contributed by atoms with Gasteiger partial charge in [0.25, 0.3) is 0 Å². The Bertz CT molecular complexity index is 352. The summed E-state index contributed by atoms with van der Waals surface area (Å²) >= 11 is 0. The van der Waals surface area contributed by atoms with Crippen LogP contribution < -0.4 is 10.1 Å². The molecule has 2 nitrogen and oxygen atoms in total. The highest BCUT2D eigenvalue weighted by molar-refractivity contribution is 5.37. The molecule has 1 N–H and O–H groups in total. The van der Waals surface area contributed by atoms with Crippen LogP contribution in [0.3, 0.4) is 0 Å². The van der Waals surface area contributed by atoms with Gasteiger partial charge in [-0.1, -0.05) is 26.8 Å². The second-order valence-corrected chi connectivity index (χ2v) is 4.81. The van der Waals surface area contributed by atoms with Crippen molar-refractivity contribution in [2.45, 2.75) is 26.7 Å². The van der Waals surface area contributed by atoms with Gasteiger partial charge in [0.2, 0.25) is 0 Å². The van der Waals surface area contributed by atoms with E-state index >= 15 is 0 Å². The van der Waals surface area contributed by atoms with Crippen LogP contribution in [-0.2, 0) is 0 Å². The first-order valence-corrected chi connectivity index (χ1v) is 6.09. The highest BCUT2D eigenvalue weighted by Gasteiger charge is 2.15. The van der Waals surface area contributed by atoms with Gasteiger partial charge in [0.1, 0.15) is 11.6 Å². The molecule has 0 aromatic heterocycles. The largest absolute Gasteiger partial charge is 0.496 e. The van der Waals surface area contributed by atoms with Crippen LogP contribution in [0.2, 0.25) is 0 Å². The topological polar surface area (TPSA) is 21.3 Å². The zero-order valence-electron chi connectivity index (χ0n) is 11.1. The Balaban J connectivity index is 2.70. The van der Waals surface area contributed by atoms with Crippen molar-refractivity contribution in [3.05, 3.63) is 29.6 Å². The third-order valence-corrected chi connectivity index (χ3v) is 2.73. The molecule has 0 saturated heterocycles. The van der Waals surface area contributed by atoms with Crippen molar-refractivity contribution in [3.63, 3.8) is 0 Å². The van der Waals surface area contributed by atoms with Crippen molar-refractivity contribution in [1.29, 1.82) is 0 Å². The molecular formula is C14H22FNO. The summed E-state index contributed by atoms with van der Waals surface area (Å²) in [5.74, 6) is 1.14. The number of nitrogens with one attached hydrogen (secondary N) is 1. The molecule has 0 radical (unpaired) electrons. The molecule has 0 fully saturated rings. The van der Waals surface area contributed by atoms with Crippen LogP contribution in [0.25, 0.3) is 0 Å². The van der Waals surface area contributed by atoms with E-state index in [9.17, 15) is 4.39 Å². The van der Waals surface area contributed by atoms with Crippen molar-refractivity contribution >= 4 is 0 Å². The normalized spacial score (nSPS) is 12.8. The molecule has 0 aliphatic heterocycles. The second kappa shape index (κ2) is 6.60. The van der Waals surface area contributed by atoms with Crippen LogP contribution in [0.5, 0.6) is 5.75 Å². The summed E-state index contributed by atoms with van der Waals surface area (Å²) < 4.78 is 19.0. The van der Waals surface area contributed by atoms with Gasteiger partial charge in [-0.25, -0.2) is 4.39 Å². The van der Waals surface area contributed by atoms with Crippen molar-refractivity contribution in [2.75, 3.05) is 20.2 Å². The quantitative estimate of drug-likeness (QED) is 0.823. The first-order valence-electron chi connectivity index (χ1n) is 6.09. The zero-order chi connectivity index (χ0) is 12.8. The third-order valence-electron chi connectivity index (χ3n) is 2.73. The number of hydrogen-bond acceptors (Lipinski definition) is 2. The maximum Gasteiger partial charge on any atom is 0.130 e. The first-order chi connectivity index (χ1) is 8.06. The van der Waals surface area contributed by atoms with Crippen LogP contribution in [0.15, 0.2) is 18.2 Å². The number of rotatable bonds is 6. The number of hydrogen-bond donors (Lipinski definition) is 1. The minimum Gasteiger partial charge on any atom is -0.496 e. The summed E-state index contributed by atoms with van der Waals surface area (Å²) in [5.41, 5.74) is 0.659. The molecule has 1 atom stereocenters. The van der Waals surface area contributed by atoms with E-state index in [4.69, 9.17) is 4.74 Å². The van der Waals surface area contributed by atoms with Crippen LogP contribution in [0, 0.1) is 11.7 Å². The third kappa shape index (κ3) is 4.00. The average molecular weight is 239 g/mol. The Hall–Kier alpha value is -1.09. The second-order valence-electron chi connectivity index (χ2n) is 4.81. The van der Waals surface area contributed by atoms with Gasteiger partial charge >= 0.3 is 0 Å². The van der Waals surface area contributed by atoms with Gasteiger partial charge in [-0.15, -0.1) is 0 Å². The molecular weight excluding hydrogens is 217 g/mol. The lowest BCUT2D eigenvalue weighted by Gasteiger charge is -2.17. The van der Waals surface area contributed by atoms with Crippen molar-refractivity contribution in [2.24, 2.45) is 5.92 Å². The highest BCUT2D eigenvalue weighted by atomic mass is 19.1. The van der Waals surface area contributed by atoms with E-state index in [1.807, 2.05) is 6.92 Å². The Morgan fingerprint density at radius 3 is 2.53 bits per heavy atom. The van der Waals surface area contributed by atoms with Crippen LogP contribution in [-0.4, -0.2) is 20.2 Å². The van der Waals surface area contributed by atoms with E-state index in [0.717, 1.165) is 13.1 Å². The van der Waals surface area contributed by atoms with E-state index in [1.165, 1.54) is 6.07 Å². The van der Waals surface area contributed by atoms with Gasteiger partial charge in [0.05, 0.1) is 7.11 Å². The summed E-state index contributed by atoms with van der Waals surface area (Å²) in [5, 5.41) is 3.34. The fraction of sp³-hybridized carbons (Fsp3) is 0.571. The van der Waals surface area contributed by atoms with Crippen molar-refractivity contribution in [1.82, 2.24) is 5.32 Å². The van der Waals surface area contributed by atoms with Gasteiger partial charge in [-0.2, -0.15) is 0 Å². The summed E-state index contributed by atoms with van der Waals surface area (Å²) in [4.78, 5) is 0. The predicted octanol–water partition coefficient (Wildman–Crippen LogP) is 3.18. The molecule has 0 saturated carbocycles. The minimum atomic E-state index is -0.191. The van der Waals surface area contributed by atoms with Gasteiger partial charge in [0.15, 0.2) is 0 Å². The molecule has 0 bridgehead atoms. The van der Waals surface area contributed by atoms with Gasteiger partial charge < -0.3 is 10.1 Å². The van der Waals surface area contributed by atoms with Crippen molar-refractivity contribution < 1.29 is 9.13 Å². The van der Waals surface area contributed by atoms with E-state index in [0.29, 0.717) is 17.2 Å². The maximum atomic E-state index is 13.8. The van der Waals surface area contributed by atoms with Gasteiger partial charge in [-0.05, 0) is 24.6 Å². The van der Waals surface area contributed by atoms with Crippen molar-refractivity contribution in [3.8, 4) is 5.75 Å². The number of benzene rings is 1. The van der Waals surface area contributed by atoms with Gasteiger partial charge in [0, 0.05) is 18.0 Å². The molecule has 0 aliphatic carbocycles. The number of halogens is 1. The number of methoxy groups -OCH3 is 1. The maximum absolute atomic E-state index is 13.8. The molecule has 1 unspecified atom stereocenters. The monoisotopic (exact) mass is 239 g/mol. The van der Waals surface area contributed by atoms with E-state index in [1.54, 1.807) is 19.2 Å². The first kappa shape index (κ1) is 14.0. The predicted molar refractivity (Wildman–Crippen MR) is 69.1 cm³/mol. The fourth-order valence-corrected chi connectivity index (χ4v) is 1.86. The SMILES string of the molecule is COc1cccc(F)c1C(C)CNCC(C)C. The van der Waals surface area contributed by atoms with Crippen LogP contribution in [0.1, 0.15) is 32.3 Å². The minimum absolute atomic E-state index is 0.102. The molecule has 17 heavy (non-hydrogen) atoms. The molecule has 1 rings (SSSR count). The summed E-state index contributed by atoms with van der Waals surface area (Å²) in [6.45, 7) is 8.02. The fourth-order valence-electron chi connectivity index (χ4n) is 1.86. The molecule has 96 valence electrons. The molecule has 3 heteroatoms. The summed E-state index contributed by atoms with van der Waals surface area (Å²) in [6.07, 6.45) is 0. The lowest BCUT2D eigenvalue weighted by atomic mass is 9.99. The Kier molecular flexibility index (Phi) is 5.42. The van der Waals surface area contributed by atoms with Crippen LogP contribution >= 0.6 is 0 Å². The Labute approximate surface area is 103 Å². The Morgan fingerprint density at radius 2 is 1.94 bits per heavy atom. The van der Waals surface area contributed by atoms with Gasteiger partial charge in [-0.3, -0.25) is 0 Å². The number of ether oxygens (including phenoxy) is 1. The molecule has 0 heterocycles. The molecule has 1 aromatic rings. The molecule has 0 amide bonds. The molecule has 0 spiro atoms. The van der Waals surface area contributed by atoms with E-state index in [-0.39, 0.29) is 11.7 Å². The zero-order valence-corrected chi connectivity index (χ0v) is 11.1. The molecule has 1 aromatic carbocycles. The lowest BCUT2D eigenvalue weighted by molar-refractivity contribution is 0.397. The van der Waals surface area contributed by atoms with E-state index in [2.05, 4.69) is 19.2 Å². The summed E-state index contributed by atoms with van der Waals surface area (Å²) in [6, 6.07) is 4.96. The highest BCUT2D eigenvalue weighted by Crippen LogP contribution is 2.28. The van der Waals surface area contributed by atoms with E-state index < -0.39 is 0 Å². The standard InChI is InChI=1S/C14H22FNO/c1-10(2)8-16-9-11(3)14-12(15)6-5-7-13(14)17-4/h5-7,10-11,16H,8-9H2,1-4H3. The average Bonchev–Trinajstić information content (AvgIpc) is 2.27. The lowest BCUT2D eigenvalue weighted by Crippen LogP contribution is -2.24. The smallest absolute Gasteiger partial charge is 0.130 e.